The molecule has 3 amide bonds. The summed E-state index contributed by atoms with van der Waals surface area (Å²) < 4.78 is 18.4. The van der Waals surface area contributed by atoms with E-state index < -0.39 is 6.04 Å². The van der Waals surface area contributed by atoms with Gasteiger partial charge in [-0.25, -0.2) is 0 Å². The Labute approximate surface area is 251 Å². The van der Waals surface area contributed by atoms with Crippen LogP contribution in [-0.4, -0.2) is 77.1 Å². The predicted molar refractivity (Wildman–Crippen MR) is 159 cm³/mol. The van der Waals surface area contributed by atoms with Gasteiger partial charge in [0.1, 0.15) is 23.0 Å². The number of fused-ring (bicyclic) bond motifs is 5. The smallest absolute Gasteiger partial charge is 0.254 e. The number of hydrogen-bond donors (Lipinski definition) is 2. The highest BCUT2D eigenvalue weighted by Gasteiger charge is 2.34. The van der Waals surface area contributed by atoms with E-state index in [9.17, 15) is 19.5 Å². The average molecular weight is 588 g/mol. The lowest BCUT2D eigenvalue weighted by atomic mass is 10.0. The standard InChI is InChI=1S/C33H37N3O7/c1-4-35-19-31(38)34-29-18-36(32(39)23-8-10-25(37)11-9-23)13-12-30(29)41-20-22-6-5-7-26(14-22)43-28-16-24(33(35)40)15-27(17-28)42-21(2)3/h5-11,14-17,21,29-30,37H,4,12-13,18-20H2,1-3H3,(H,34,38)/t29-,30-/m0/s1. The van der Waals surface area contributed by atoms with Gasteiger partial charge in [-0.15, -0.1) is 0 Å². The molecule has 10 nitrogen and oxygen atoms in total. The molecule has 0 saturated carbocycles. The molecular weight excluding hydrogens is 550 g/mol. The van der Waals surface area contributed by atoms with Crippen LogP contribution in [0.15, 0.2) is 66.7 Å². The number of carbonyl (C=O) groups is 3. The zero-order valence-corrected chi connectivity index (χ0v) is 24.6. The number of amides is 3. The summed E-state index contributed by atoms with van der Waals surface area (Å²) in [4.78, 5) is 43.4. The summed E-state index contributed by atoms with van der Waals surface area (Å²) in [6.07, 6.45) is 0.0259. The fourth-order valence-corrected chi connectivity index (χ4v) is 5.31. The molecule has 3 aromatic carbocycles. The molecule has 0 unspecified atom stereocenters. The zero-order chi connectivity index (χ0) is 30.5. The van der Waals surface area contributed by atoms with Gasteiger partial charge in [0.15, 0.2) is 0 Å². The number of rotatable bonds is 4. The van der Waals surface area contributed by atoms with E-state index in [2.05, 4.69) is 5.32 Å². The predicted octanol–water partition coefficient (Wildman–Crippen LogP) is 4.36. The molecule has 0 aromatic heterocycles. The minimum atomic E-state index is -0.502. The summed E-state index contributed by atoms with van der Waals surface area (Å²) in [5, 5.41) is 12.7. The van der Waals surface area contributed by atoms with E-state index in [1.165, 1.54) is 17.0 Å². The van der Waals surface area contributed by atoms with Gasteiger partial charge in [-0.2, -0.15) is 0 Å². The maximum atomic E-state index is 13.6. The van der Waals surface area contributed by atoms with E-state index in [0.29, 0.717) is 47.9 Å². The SMILES string of the molecule is CCN1CC(=O)N[C@H]2CN(C(=O)c3ccc(O)cc3)CC[C@@H]2OCc2cccc(c2)Oc2cc(OC(C)C)cc(c2)C1=O. The van der Waals surface area contributed by atoms with Gasteiger partial charge in [-0.3, -0.25) is 14.4 Å². The molecule has 10 heteroatoms. The van der Waals surface area contributed by atoms with E-state index in [1.807, 2.05) is 45.0 Å². The normalized spacial score (nSPS) is 19.3. The second-order valence-corrected chi connectivity index (χ2v) is 11.0. The first-order valence-corrected chi connectivity index (χ1v) is 14.6. The number of benzene rings is 3. The third-order valence-electron chi connectivity index (χ3n) is 7.40. The Morgan fingerprint density at radius 1 is 1.07 bits per heavy atom. The van der Waals surface area contributed by atoms with Gasteiger partial charge in [0.25, 0.3) is 11.8 Å². The van der Waals surface area contributed by atoms with Gasteiger partial charge in [0.2, 0.25) is 5.91 Å². The van der Waals surface area contributed by atoms with Crippen LogP contribution in [0, 0.1) is 0 Å². The van der Waals surface area contributed by atoms with Crippen molar-refractivity contribution >= 4 is 17.7 Å². The van der Waals surface area contributed by atoms with Gasteiger partial charge in [-0.05, 0) is 81.3 Å². The molecule has 0 radical (unpaired) electrons. The number of nitrogens with one attached hydrogen (secondary N) is 1. The van der Waals surface area contributed by atoms with Crippen molar-refractivity contribution in [1.82, 2.24) is 15.1 Å². The Balaban J connectivity index is 1.44. The van der Waals surface area contributed by atoms with Gasteiger partial charge < -0.3 is 34.4 Å². The summed E-state index contributed by atoms with van der Waals surface area (Å²) in [6.45, 7) is 6.69. The van der Waals surface area contributed by atoms with Crippen LogP contribution in [0.1, 0.15) is 53.5 Å². The number of likely N-dealkylation sites (tertiary alicyclic amines) is 1. The van der Waals surface area contributed by atoms with Gasteiger partial charge in [0, 0.05) is 36.8 Å². The van der Waals surface area contributed by atoms with Crippen LogP contribution in [0.5, 0.6) is 23.0 Å². The Kier molecular flexibility index (Phi) is 9.16. The summed E-state index contributed by atoms with van der Waals surface area (Å²) in [6, 6.07) is 18.1. The van der Waals surface area contributed by atoms with Gasteiger partial charge in [-0.1, -0.05) is 12.1 Å². The van der Waals surface area contributed by atoms with Gasteiger partial charge >= 0.3 is 0 Å². The molecule has 0 aliphatic carbocycles. The van der Waals surface area contributed by atoms with Crippen molar-refractivity contribution in [3.8, 4) is 23.0 Å². The molecule has 2 N–H and O–H groups in total. The fraction of sp³-hybridized carbons (Fsp3) is 0.364. The molecule has 2 heterocycles. The Hall–Kier alpha value is -4.57. The number of phenolic OH excluding ortho intramolecular Hbond substituents is 1. The minimum Gasteiger partial charge on any atom is -0.508 e. The molecule has 4 bridgehead atoms. The highest BCUT2D eigenvalue weighted by molar-refractivity contribution is 5.97. The number of phenols is 1. The van der Waals surface area contributed by atoms with Crippen LogP contribution in [0.2, 0.25) is 0 Å². The quantitative estimate of drug-likeness (QED) is 0.466. The van der Waals surface area contributed by atoms with E-state index in [0.717, 1.165) is 5.56 Å². The Morgan fingerprint density at radius 3 is 2.60 bits per heavy atom. The topological polar surface area (TPSA) is 118 Å². The van der Waals surface area contributed by atoms with E-state index in [4.69, 9.17) is 14.2 Å². The van der Waals surface area contributed by atoms with Crippen molar-refractivity contribution in [1.29, 1.82) is 0 Å². The van der Waals surface area contributed by atoms with Crippen molar-refractivity contribution in [2.75, 3.05) is 26.2 Å². The lowest BCUT2D eigenvalue weighted by Gasteiger charge is -2.39. The third-order valence-corrected chi connectivity index (χ3v) is 7.40. The summed E-state index contributed by atoms with van der Waals surface area (Å²) in [5.41, 5.74) is 1.66. The number of ether oxygens (including phenoxy) is 3. The molecule has 2 atom stereocenters. The van der Waals surface area contributed by atoms with Crippen LogP contribution in [0.4, 0.5) is 0 Å². The highest BCUT2D eigenvalue weighted by atomic mass is 16.5. The molecule has 0 spiro atoms. The molecule has 1 fully saturated rings. The number of piperidine rings is 1. The molecule has 226 valence electrons. The van der Waals surface area contributed by atoms with Crippen molar-refractivity contribution in [3.63, 3.8) is 0 Å². The molecule has 43 heavy (non-hydrogen) atoms. The van der Waals surface area contributed by atoms with Crippen LogP contribution in [0.3, 0.4) is 0 Å². The van der Waals surface area contributed by atoms with Crippen molar-refractivity contribution < 1.29 is 33.7 Å². The summed E-state index contributed by atoms with van der Waals surface area (Å²) in [7, 11) is 0. The first-order valence-electron chi connectivity index (χ1n) is 14.6. The first-order chi connectivity index (χ1) is 20.7. The number of hydrogen-bond acceptors (Lipinski definition) is 7. The van der Waals surface area contributed by atoms with E-state index >= 15 is 0 Å². The molecule has 2 aliphatic heterocycles. The minimum absolute atomic E-state index is 0.0772. The second-order valence-electron chi connectivity index (χ2n) is 11.0. The molecule has 2 aliphatic rings. The van der Waals surface area contributed by atoms with Crippen molar-refractivity contribution in [3.05, 3.63) is 83.4 Å². The second kappa shape index (κ2) is 13.2. The first kappa shape index (κ1) is 29.9. The summed E-state index contributed by atoms with van der Waals surface area (Å²) >= 11 is 0. The fourth-order valence-electron chi connectivity index (χ4n) is 5.31. The third kappa shape index (κ3) is 7.45. The van der Waals surface area contributed by atoms with Crippen molar-refractivity contribution in [2.45, 2.75) is 52.0 Å². The highest BCUT2D eigenvalue weighted by Crippen LogP contribution is 2.30. The van der Waals surface area contributed by atoms with E-state index in [-0.39, 0.29) is 55.4 Å². The number of carbonyl (C=O) groups excluding carboxylic acids is 3. The molecule has 5 rings (SSSR count). The lowest BCUT2D eigenvalue weighted by Crippen LogP contribution is -2.58. The lowest BCUT2D eigenvalue weighted by molar-refractivity contribution is -0.124. The summed E-state index contributed by atoms with van der Waals surface area (Å²) in [5.74, 6) is 0.701. The van der Waals surface area contributed by atoms with Crippen molar-refractivity contribution in [2.24, 2.45) is 0 Å². The van der Waals surface area contributed by atoms with Crippen LogP contribution in [-0.2, 0) is 16.1 Å². The zero-order valence-electron chi connectivity index (χ0n) is 24.6. The Bertz CT molecular complexity index is 1470. The van der Waals surface area contributed by atoms with Crippen LogP contribution < -0.4 is 14.8 Å². The number of aromatic hydroxyl groups is 1. The largest absolute Gasteiger partial charge is 0.508 e. The molecule has 1 saturated heterocycles. The molecular formula is C33H37N3O7. The maximum Gasteiger partial charge on any atom is 0.254 e. The monoisotopic (exact) mass is 587 g/mol. The average Bonchev–Trinajstić information content (AvgIpc) is 2.98. The number of nitrogens with zero attached hydrogens (tertiary/aromatic N) is 2. The maximum absolute atomic E-state index is 13.6. The van der Waals surface area contributed by atoms with Crippen LogP contribution >= 0.6 is 0 Å². The number of likely N-dealkylation sites (N-methyl/N-ethyl adjacent to an activating group) is 1. The van der Waals surface area contributed by atoms with E-state index in [1.54, 1.807) is 35.2 Å². The Morgan fingerprint density at radius 2 is 1.86 bits per heavy atom. The van der Waals surface area contributed by atoms with Gasteiger partial charge in [0.05, 0.1) is 31.4 Å². The van der Waals surface area contributed by atoms with Crippen LogP contribution in [0.25, 0.3) is 0 Å². The molecule has 3 aromatic rings.